The Morgan fingerprint density at radius 3 is 1.90 bits per heavy atom. The summed E-state index contributed by atoms with van der Waals surface area (Å²) in [5.74, 6) is 1.75. The van der Waals surface area contributed by atoms with Gasteiger partial charge in [0.2, 0.25) is 0 Å². The molecule has 0 aliphatic carbocycles. The number of benzene rings is 2. The summed E-state index contributed by atoms with van der Waals surface area (Å²) in [6.07, 6.45) is 13.6. The fourth-order valence-electron chi connectivity index (χ4n) is 6.72. The average molecular weight is 811 g/mol. The largest absolute Gasteiger partial charge is 0.491 e. The first-order valence-electron chi connectivity index (χ1n) is 19.7. The summed E-state index contributed by atoms with van der Waals surface area (Å²) in [4.78, 5) is 23.4. The molecule has 8 aromatic heterocycles. The number of pyridine rings is 2. The third kappa shape index (κ3) is 10.2. The van der Waals surface area contributed by atoms with Crippen LogP contribution in [0.25, 0.3) is 65.8 Å². The maximum absolute atomic E-state index is 5.58. The van der Waals surface area contributed by atoms with Crippen LogP contribution in [0.1, 0.15) is 84.1 Å². The lowest BCUT2D eigenvalue weighted by Gasteiger charge is -2.21. The SMILES string of the molecule is C.C.CC(C)(C)n1[nH]cc2cc3nccc3cc21.CC(C)(C)n1[nH]cc2nc3nccc3cc21.CC(C)Oc1ccc2[nH]ccc2c1.CC(C)Oc1cnc2[nH]ccc2c1. The predicted molar refractivity (Wildman–Crippen MR) is 250 cm³/mol. The molecule has 0 radical (unpaired) electrons. The van der Waals surface area contributed by atoms with E-state index >= 15 is 0 Å². The third-order valence-corrected chi connectivity index (χ3v) is 9.28. The van der Waals surface area contributed by atoms with Gasteiger partial charge < -0.3 is 29.6 Å². The van der Waals surface area contributed by atoms with Crippen molar-refractivity contribution in [1.82, 2.24) is 49.5 Å². The van der Waals surface area contributed by atoms with E-state index in [0.717, 1.165) is 55.6 Å². The molecule has 0 saturated carbocycles. The Balaban J connectivity index is 0.000000151. The second-order valence-corrected chi connectivity index (χ2v) is 16.9. The first kappa shape index (κ1) is 44.5. The number of H-pyrrole nitrogens is 4. The topological polar surface area (TPSA) is 143 Å². The Bertz CT molecular complexity index is 2700. The highest BCUT2D eigenvalue weighted by atomic mass is 16.5. The summed E-state index contributed by atoms with van der Waals surface area (Å²) in [5.41, 5.74) is 7.32. The minimum absolute atomic E-state index is 0. The van der Waals surface area contributed by atoms with Crippen molar-refractivity contribution in [3.05, 3.63) is 110 Å². The number of hydrogen-bond donors (Lipinski definition) is 4. The van der Waals surface area contributed by atoms with E-state index in [0.29, 0.717) is 0 Å². The minimum atomic E-state index is 0. The molecule has 0 fully saturated rings. The van der Waals surface area contributed by atoms with E-state index in [4.69, 9.17) is 9.47 Å². The van der Waals surface area contributed by atoms with Crippen molar-refractivity contribution in [3.8, 4) is 11.5 Å². The first-order valence-corrected chi connectivity index (χ1v) is 19.7. The van der Waals surface area contributed by atoms with Crippen molar-refractivity contribution in [2.45, 2.75) is 107 Å². The van der Waals surface area contributed by atoms with Gasteiger partial charge in [0.05, 0.1) is 46.0 Å². The number of aromatic nitrogens is 10. The number of rotatable bonds is 4. The van der Waals surface area contributed by atoms with Crippen LogP contribution in [0.2, 0.25) is 0 Å². The molecule has 12 heteroatoms. The van der Waals surface area contributed by atoms with E-state index in [1.807, 2.05) is 101 Å². The third-order valence-electron chi connectivity index (χ3n) is 9.28. The second kappa shape index (κ2) is 18.1. The second-order valence-electron chi connectivity index (χ2n) is 16.9. The van der Waals surface area contributed by atoms with Gasteiger partial charge in [-0.1, -0.05) is 14.9 Å². The highest BCUT2D eigenvalue weighted by Gasteiger charge is 2.18. The van der Waals surface area contributed by atoms with E-state index in [2.05, 4.69) is 115 Å². The smallest absolute Gasteiger partial charge is 0.160 e. The summed E-state index contributed by atoms with van der Waals surface area (Å²) in [5, 5.41) is 12.3. The molecule has 10 rings (SSSR count). The molecule has 60 heavy (non-hydrogen) atoms. The van der Waals surface area contributed by atoms with Crippen molar-refractivity contribution < 1.29 is 9.47 Å². The number of aromatic amines is 4. The fourth-order valence-corrected chi connectivity index (χ4v) is 6.72. The van der Waals surface area contributed by atoms with Crippen LogP contribution in [0.3, 0.4) is 0 Å². The molecular formula is C48H62N10O2. The summed E-state index contributed by atoms with van der Waals surface area (Å²) in [6.45, 7) is 21.1. The highest BCUT2D eigenvalue weighted by Crippen LogP contribution is 2.27. The van der Waals surface area contributed by atoms with Crippen molar-refractivity contribution in [2.75, 3.05) is 0 Å². The summed E-state index contributed by atoms with van der Waals surface area (Å²) in [6, 6.07) is 22.6. The Kier molecular flexibility index (Phi) is 13.5. The number of ether oxygens (including phenoxy) is 2. The van der Waals surface area contributed by atoms with Crippen LogP contribution in [0.4, 0.5) is 0 Å². The van der Waals surface area contributed by atoms with Gasteiger partial charge in [0.1, 0.15) is 22.7 Å². The molecule has 4 N–H and O–H groups in total. The fraction of sp³-hybridized carbons (Fsp3) is 0.333. The molecule has 0 atom stereocenters. The molecule has 2 aromatic carbocycles. The molecule has 316 valence electrons. The Hall–Kier alpha value is -6.56. The number of nitrogens with one attached hydrogen (secondary N) is 4. The van der Waals surface area contributed by atoms with Crippen molar-refractivity contribution in [3.63, 3.8) is 0 Å². The van der Waals surface area contributed by atoms with E-state index in [-0.39, 0.29) is 38.1 Å². The number of nitrogens with zero attached hydrogens (tertiary/aromatic N) is 6. The summed E-state index contributed by atoms with van der Waals surface area (Å²) in [7, 11) is 0. The van der Waals surface area contributed by atoms with Crippen molar-refractivity contribution >= 4 is 65.8 Å². The normalized spacial score (nSPS) is 11.5. The molecule has 0 bridgehead atoms. The zero-order valence-electron chi connectivity index (χ0n) is 35.0. The molecule has 0 aliphatic rings. The monoisotopic (exact) mass is 811 g/mol. The van der Waals surface area contributed by atoms with Gasteiger partial charge in [-0.2, -0.15) is 0 Å². The van der Waals surface area contributed by atoms with Gasteiger partial charge >= 0.3 is 0 Å². The highest BCUT2D eigenvalue weighted by molar-refractivity contribution is 5.95. The Labute approximate surface area is 352 Å². The predicted octanol–water partition coefficient (Wildman–Crippen LogP) is 12.5. The van der Waals surface area contributed by atoms with Crippen molar-refractivity contribution in [1.29, 1.82) is 0 Å². The Morgan fingerprint density at radius 1 is 0.550 bits per heavy atom. The van der Waals surface area contributed by atoms with Gasteiger partial charge in [0.15, 0.2) is 5.65 Å². The lowest BCUT2D eigenvalue weighted by molar-refractivity contribution is 0.242. The first-order chi connectivity index (χ1) is 27.6. The average Bonchev–Trinajstić information content (AvgIpc) is 4.01. The quantitative estimate of drug-likeness (QED) is 0.139. The van der Waals surface area contributed by atoms with Gasteiger partial charge in [0, 0.05) is 69.6 Å². The zero-order valence-corrected chi connectivity index (χ0v) is 35.0. The van der Waals surface area contributed by atoms with Gasteiger partial charge in [-0.05, 0) is 136 Å². The van der Waals surface area contributed by atoms with Crippen LogP contribution in [0.15, 0.2) is 110 Å². The maximum Gasteiger partial charge on any atom is 0.160 e. The molecule has 0 aliphatic heterocycles. The lowest BCUT2D eigenvalue weighted by atomic mass is 10.1. The van der Waals surface area contributed by atoms with Gasteiger partial charge in [-0.3, -0.25) is 14.3 Å². The zero-order chi connectivity index (χ0) is 41.2. The van der Waals surface area contributed by atoms with Gasteiger partial charge in [0.25, 0.3) is 0 Å². The van der Waals surface area contributed by atoms with E-state index in [1.165, 1.54) is 21.7 Å². The number of fused-ring (bicyclic) bond motifs is 6. The molecule has 0 amide bonds. The molecule has 10 aromatic rings. The van der Waals surface area contributed by atoms with Crippen LogP contribution in [-0.2, 0) is 11.1 Å². The van der Waals surface area contributed by atoms with Crippen LogP contribution < -0.4 is 9.47 Å². The molecule has 0 unspecified atom stereocenters. The van der Waals surface area contributed by atoms with E-state index in [9.17, 15) is 0 Å². The summed E-state index contributed by atoms with van der Waals surface area (Å²) >= 11 is 0. The number of hydrogen-bond acceptors (Lipinski definition) is 6. The minimum Gasteiger partial charge on any atom is -0.491 e. The van der Waals surface area contributed by atoms with Crippen molar-refractivity contribution in [2.24, 2.45) is 0 Å². The van der Waals surface area contributed by atoms with Gasteiger partial charge in [-0.15, -0.1) is 0 Å². The lowest BCUT2D eigenvalue weighted by Crippen LogP contribution is -2.22. The van der Waals surface area contributed by atoms with Crippen LogP contribution in [0.5, 0.6) is 11.5 Å². The molecule has 8 heterocycles. The summed E-state index contributed by atoms with van der Waals surface area (Å²) < 4.78 is 15.4. The van der Waals surface area contributed by atoms with Gasteiger partial charge in [-0.25, -0.2) is 15.0 Å². The molecule has 0 saturated heterocycles. The molecule has 0 spiro atoms. The molecule has 12 nitrogen and oxygen atoms in total. The van der Waals surface area contributed by atoms with Crippen LogP contribution >= 0.6 is 0 Å². The maximum atomic E-state index is 5.58. The van der Waals surface area contributed by atoms with Crippen LogP contribution in [-0.4, -0.2) is 61.7 Å². The van der Waals surface area contributed by atoms with Crippen LogP contribution in [0, 0.1) is 0 Å². The van der Waals surface area contributed by atoms with E-state index in [1.54, 1.807) is 12.4 Å². The molecular weight excluding hydrogens is 749 g/mol. The Morgan fingerprint density at radius 2 is 1.17 bits per heavy atom. The van der Waals surface area contributed by atoms with E-state index < -0.39 is 0 Å². The standard InChI is InChI=1S/C13H15N3.C12H14N4.C11H13NO.C10H12N2O.2CH4/c1-13(2,3)16-12-7-9-4-5-14-11(9)6-10(12)8-15-16;1-12(2,3)16-10-6-8-4-5-13-11(8)15-9(10)7-14-16;1-8(2)13-10-3-4-11-9(7-10)5-6-12-11;1-7(2)13-9-5-8-3-4-11-10(8)12-6-9;;/h4-8,15H,1-3H3;4-7,14H,1-3H3;3-8,12H,1-2H3;3-7H,1-2H3,(H,11,12);2*1H4.